The van der Waals surface area contributed by atoms with Gasteiger partial charge in [0.1, 0.15) is 0 Å². The van der Waals surface area contributed by atoms with Crippen molar-refractivity contribution in [3.05, 3.63) is 42.0 Å². The summed E-state index contributed by atoms with van der Waals surface area (Å²) in [4.78, 5) is 2.17. The van der Waals surface area contributed by atoms with Gasteiger partial charge in [0.25, 0.3) is 0 Å². The second-order valence-electron chi connectivity index (χ2n) is 3.82. The highest BCUT2D eigenvalue weighted by Gasteiger charge is 1.87. The Kier molecular flexibility index (Phi) is 13.2. The van der Waals surface area contributed by atoms with Crippen molar-refractivity contribution in [3.8, 4) is 0 Å². The molecule has 2 nitrogen and oxygen atoms in total. The third-order valence-electron chi connectivity index (χ3n) is 2.11. The van der Waals surface area contributed by atoms with Crippen LogP contribution in [0.25, 0.3) is 6.08 Å². The molecular formula is C13H22Cl2N2. The van der Waals surface area contributed by atoms with Crippen molar-refractivity contribution in [1.82, 2.24) is 10.2 Å². The average Bonchev–Trinajstić information content (AvgIpc) is 2.24. The second kappa shape index (κ2) is 11.9. The van der Waals surface area contributed by atoms with E-state index in [0.717, 1.165) is 19.6 Å². The molecule has 98 valence electrons. The molecule has 17 heavy (non-hydrogen) atoms. The lowest BCUT2D eigenvalue weighted by molar-refractivity contribution is 0.404. The first kappa shape index (κ1) is 18.8. The van der Waals surface area contributed by atoms with E-state index in [0.29, 0.717) is 0 Å². The van der Waals surface area contributed by atoms with Gasteiger partial charge in [0.2, 0.25) is 0 Å². The number of likely N-dealkylation sites (N-methyl/N-ethyl adjacent to an activating group) is 1. The first-order chi connectivity index (χ1) is 7.29. The van der Waals surface area contributed by atoms with Gasteiger partial charge in [0, 0.05) is 19.6 Å². The lowest BCUT2D eigenvalue weighted by Gasteiger charge is -2.08. The van der Waals surface area contributed by atoms with Crippen LogP contribution < -0.4 is 5.32 Å². The van der Waals surface area contributed by atoms with Gasteiger partial charge in [-0.25, -0.2) is 0 Å². The molecule has 0 aromatic heterocycles. The molecule has 1 rings (SSSR count). The number of rotatable bonds is 6. The zero-order chi connectivity index (χ0) is 10.9. The van der Waals surface area contributed by atoms with Crippen LogP contribution in [0, 0.1) is 0 Å². The summed E-state index contributed by atoms with van der Waals surface area (Å²) in [6.07, 6.45) is 4.30. The molecule has 0 aliphatic carbocycles. The maximum absolute atomic E-state index is 3.36. The standard InChI is InChI=1S/C13H20N2.2ClH/c1-15(2)12-11-14-10-6-9-13-7-4-3-5-8-13;;/h3-9,14H,10-12H2,1-2H3;2*1H/b9-6+;;. The molecule has 1 aromatic carbocycles. The van der Waals surface area contributed by atoms with Crippen LogP contribution in [0.15, 0.2) is 36.4 Å². The smallest absolute Gasteiger partial charge is 0.0138 e. The molecule has 1 aromatic rings. The summed E-state index contributed by atoms with van der Waals surface area (Å²) in [5.41, 5.74) is 1.26. The lowest BCUT2D eigenvalue weighted by Crippen LogP contribution is -2.26. The Morgan fingerprint density at radius 1 is 1.12 bits per heavy atom. The molecule has 0 aliphatic rings. The van der Waals surface area contributed by atoms with Crippen LogP contribution in [0.3, 0.4) is 0 Å². The fourth-order valence-electron chi connectivity index (χ4n) is 1.25. The zero-order valence-corrected chi connectivity index (χ0v) is 12.1. The predicted octanol–water partition coefficient (Wildman–Crippen LogP) is 2.69. The van der Waals surface area contributed by atoms with Crippen LogP contribution in [0.5, 0.6) is 0 Å². The molecule has 0 spiro atoms. The van der Waals surface area contributed by atoms with Crippen LogP contribution in [-0.4, -0.2) is 38.6 Å². The summed E-state index contributed by atoms with van der Waals surface area (Å²) in [6.45, 7) is 3.05. The fourth-order valence-corrected chi connectivity index (χ4v) is 1.25. The Morgan fingerprint density at radius 3 is 2.35 bits per heavy atom. The van der Waals surface area contributed by atoms with E-state index < -0.39 is 0 Å². The van der Waals surface area contributed by atoms with E-state index in [2.05, 4.69) is 60.7 Å². The van der Waals surface area contributed by atoms with Crippen molar-refractivity contribution >= 4 is 30.9 Å². The maximum Gasteiger partial charge on any atom is 0.0138 e. The number of halogens is 2. The van der Waals surface area contributed by atoms with E-state index in [1.807, 2.05) is 6.07 Å². The normalized spacial score (nSPS) is 10.1. The Balaban J connectivity index is 0. The van der Waals surface area contributed by atoms with Gasteiger partial charge in [0.15, 0.2) is 0 Å². The minimum Gasteiger partial charge on any atom is -0.312 e. The third-order valence-corrected chi connectivity index (χ3v) is 2.11. The van der Waals surface area contributed by atoms with Gasteiger partial charge < -0.3 is 10.2 Å². The minimum absolute atomic E-state index is 0. The molecule has 0 bridgehead atoms. The van der Waals surface area contributed by atoms with Gasteiger partial charge in [-0.3, -0.25) is 0 Å². The third kappa shape index (κ3) is 10.3. The van der Waals surface area contributed by atoms with Crippen LogP contribution in [-0.2, 0) is 0 Å². The summed E-state index contributed by atoms with van der Waals surface area (Å²) in [5, 5.41) is 3.36. The molecular weight excluding hydrogens is 255 g/mol. The van der Waals surface area contributed by atoms with Crippen molar-refractivity contribution < 1.29 is 0 Å². The average molecular weight is 277 g/mol. The fraction of sp³-hybridized carbons (Fsp3) is 0.385. The Bertz CT molecular complexity index is 287. The Hall–Kier alpha value is -0.540. The van der Waals surface area contributed by atoms with Gasteiger partial charge >= 0.3 is 0 Å². The molecule has 0 radical (unpaired) electrons. The number of benzene rings is 1. The summed E-state index contributed by atoms with van der Waals surface area (Å²) >= 11 is 0. The van der Waals surface area contributed by atoms with Gasteiger partial charge in [-0.15, -0.1) is 24.8 Å². The van der Waals surface area contributed by atoms with E-state index in [-0.39, 0.29) is 24.8 Å². The van der Waals surface area contributed by atoms with Crippen LogP contribution >= 0.6 is 24.8 Å². The zero-order valence-electron chi connectivity index (χ0n) is 10.4. The summed E-state index contributed by atoms with van der Waals surface area (Å²) in [6, 6.07) is 10.4. The highest BCUT2D eigenvalue weighted by Crippen LogP contribution is 1.99. The van der Waals surface area contributed by atoms with Gasteiger partial charge in [-0.1, -0.05) is 42.5 Å². The lowest BCUT2D eigenvalue weighted by atomic mass is 10.2. The quantitative estimate of drug-likeness (QED) is 0.804. The molecule has 0 saturated carbocycles. The molecule has 1 N–H and O–H groups in total. The predicted molar refractivity (Wildman–Crippen MR) is 81.4 cm³/mol. The second-order valence-corrected chi connectivity index (χ2v) is 3.82. The number of hydrogen-bond donors (Lipinski definition) is 1. The first-order valence-corrected chi connectivity index (χ1v) is 5.36. The molecule has 0 atom stereocenters. The molecule has 0 fully saturated rings. The molecule has 0 amide bonds. The largest absolute Gasteiger partial charge is 0.312 e. The number of nitrogens with one attached hydrogen (secondary N) is 1. The summed E-state index contributed by atoms with van der Waals surface area (Å²) in [7, 11) is 4.17. The molecule has 0 unspecified atom stereocenters. The van der Waals surface area contributed by atoms with Crippen LogP contribution in [0.4, 0.5) is 0 Å². The highest BCUT2D eigenvalue weighted by atomic mass is 35.5. The minimum atomic E-state index is 0. The number of nitrogens with zero attached hydrogens (tertiary/aromatic N) is 1. The molecule has 0 aliphatic heterocycles. The monoisotopic (exact) mass is 276 g/mol. The van der Waals surface area contributed by atoms with Crippen molar-refractivity contribution in [2.75, 3.05) is 33.7 Å². The van der Waals surface area contributed by atoms with E-state index in [1.54, 1.807) is 0 Å². The van der Waals surface area contributed by atoms with Crippen molar-refractivity contribution in [2.24, 2.45) is 0 Å². The number of hydrogen-bond acceptors (Lipinski definition) is 2. The van der Waals surface area contributed by atoms with Gasteiger partial charge in [-0.2, -0.15) is 0 Å². The SMILES string of the molecule is CN(C)CCNC/C=C/c1ccccc1.Cl.Cl. The molecule has 0 heterocycles. The molecule has 0 saturated heterocycles. The van der Waals surface area contributed by atoms with Crippen molar-refractivity contribution in [1.29, 1.82) is 0 Å². The maximum atomic E-state index is 3.36. The highest BCUT2D eigenvalue weighted by molar-refractivity contribution is 5.85. The van der Waals surface area contributed by atoms with Gasteiger partial charge in [-0.05, 0) is 19.7 Å². The van der Waals surface area contributed by atoms with E-state index in [9.17, 15) is 0 Å². The topological polar surface area (TPSA) is 15.3 Å². The van der Waals surface area contributed by atoms with Crippen molar-refractivity contribution in [3.63, 3.8) is 0 Å². The summed E-state index contributed by atoms with van der Waals surface area (Å²) in [5.74, 6) is 0. The Labute approximate surface area is 117 Å². The Morgan fingerprint density at radius 2 is 1.76 bits per heavy atom. The summed E-state index contributed by atoms with van der Waals surface area (Å²) < 4.78 is 0. The van der Waals surface area contributed by atoms with E-state index >= 15 is 0 Å². The van der Waals surface area contributed by atoms with E-state index in [4.69, 9.17) is 0 Å². The van der Waals surface area contributed by atoms with E-state index in [1.165, 1.54) is 5.56 Å². The van der Waals surface area contributed by atoms with Crippen LogP contribution in [0.1, 0.15) is 5.56 Å². The van der Waals surface area contributed by atoms with Crippen LogP contribution in [0.2, 0.25) is 0 Å². The van der Waals surface area contributed by atoms with Gasteiger partial charge in [0.05, 0.1) is 0 Å². The molecule has 4 heteroatoms. The first-order valence-electron chi connectivity index (χ1n) is 5.36. The van der Waals surface area contributed by atoms with Crippen molar-refractivity contribution in [2.45, 2.75) is 0 Å².